The first-order valence-corrected chi connectivity index (χ1v) is 7.22. The molecule has 0 aliphatic rings. The van der Waals surface area contributed by atoms with Gasteiger partial charge in [-0.25, -0.2) is 9.37 Å². The van der Waals surface area contributed by atoms with Gasteiger partial charge >= 0.3 is 0 Å². The van der Waals surface area contributed by atoms with Crippen LogP contribution in [-0.4, -0.2) is 16.1 Å². The van der Waals surface area contributed by atoms with Crippen LogP contribution in [0.3, 0.4) is 0 Å². The van der Waals surface area contributed by atoms with E-state index in [0.29, 0.717) is 0 Å². The van der Waals surface area contributed by atoms with E-state index >= 15 is 0 Å². The molecule has 0 saturated carbocycles. The van der Waals surface area contributed by atoms with E-state index in [2.05, 4.69) is 31.1 Å². The Kier molecular flexibility index (Phi) is 4.90. The molecule has 1 aromatic heterocycles. The second-order valence-corrected chi connectivity index (χ2v) is 4.95. The molecule has 0 fully saturated rings. The van der Waals surface area contributed by atoms with Crippen LogP contribution in [0.5, 0.6) is 0 Å². The maximum Gasteiger partial charge on any atom is 0.123 e. The van der Waals surface area contributed by atoms with Crippen molar-refractivity contribution in [1.82, 2.24) is 14.9 Å². The van der Waals surface area contributed by atoms with Crippen molar-refractivity contribution in [3.63, 3.8) is 0 Å². The summed E-state index contributed by atoms with van der Waals surface area (Å²) in [5.74, 6) is 0.785. The number of benzene rings is 1. The largest absolute Gasteiger partial charge is 0.310 e. The number of hydrogen-bond acceptors (Lipinski definition) is 2. The number of imidazole rings is 1. The molecule has 1 heterocycles. The van der Waals surface area contributed by atoms with E-state index < -0.39 is 0 Å². The minimum atomic E-state index is -0.202. The monoisotopic (exact) mass is 275 g/mol. The summed E-state index contributed by atoms with van der Waals surface area (Å²) in [4.78, 5) is 4.34. The predicted octanol–water partition coefficient (Wildman–Crippen LogP) is 3.63. The highest BCUT2D eigenvalue weighted by Crippen LogP contribution is 2.24. The number of aromatic nitrogens is 2. The molecule has 0 aliphatic heterocycles. The van der Waals surface area contributed by atoms with Crippen LogP contribution in [0.2, 0.25) is 0 Å². The molecule has 0 aliphatic carbocycles. The van der Waals surface area contributed by atoms with E-state index in [1.807, 2.05) is 16.8 Å². The SMILES string of the molecule is CCCNC(C)c1cc(F)ccc1-n1ccnc1CC. The molecule has 3 nitrogen and oxygen atoms in total. The molecular weight excluding hydrogens is 253 g/mol. The highest BCUT2D eigenvalue weighted by molar-refractivity contribution is 5.44. The first kappa shape index (κ1) is 14.7. The number of hydrogen-bond donors (Lipinski definition) is 1. The second-order valence-electron chi connectivity index (χ2n) is 4.95. The summed E-state index contributed by atoms with van der Waals surface area (Å²) in [5, 5.41) is 3.42. The molecular formula is C16H22FN3. The third-order valence-corrected chi connectivity index (χ3v) is 3.45. The minimum absolute atomic E-state index is 0.104. The summed E-state index contributed by atoms with van der Waals surface area (Å²) in [5.41, 5.74) is 1.96. The molecule has 1 unspecified atom stereocenters. The smallest absolute Gasteiger partial charge is 0.123 e. The van der Waals surface area contributed by atoms with Crippen molar-refractivity contribution < 1.29 is 4.39 Å². The minimum Gasteiger partial charge on any atom is -0.310 e. The third kappa shape index (κ3) is 3.07. The van der Waals surface area contributed by atoms with E-state index in [1.54, 1.807) is 12.3 Å². The lowest BCUT2D eigenvalue weighted by Gasteiger charge is -2.19. The molecule has 0 radical (unpaired) electrons. The fraction of sp³-hybridized carbons (Fsp3) is 0.438. The molecule has 0 spiro atoms. The van der Waals surface area contributed by atoms with E-state index in [0.717, 1.165) is 36.5 Å². The number of halogens is 1. The van der Waals surface area contributed by atoms with Gasteiger partial charge in [-0.15, -0.1) is 0 Å². The van der Waals surface area contributed by atoms with Gasteiger partial charge in [0.1, 0.15) is 11.6 Å². The molecule has 108 valence electrons. The second kappa shape index (κ2) is 6.66. The maximum atomic E-state index is 13.6. The standard InChI is InChI=1S/C16H22FN3/c1-4-8-18-12(3)14-11-13(17)6-7-15(14)20-10-9-19-16(20)5-2/h6-7,9-12,18H,4-5,8H2,1-3H3. The van der Waals surface area contributed by atoms with Crippen LogP contribution in [0.4, 0.5) is 4.39 Å². The average Bonchev–Trinajstić information content (AvgIpc) is 2.92. The van der Waals surface area contributed by atoms with Crippen molar-refractivity contribution >= 4 is 0 Å². The zero-order valence-corrected chi connectivity index (χ0v) is 12.4. The Morgan fingerprint density at radius 1 is 1.35 bits per heavy atom. The summed E-state index contributed by atoms with van der Waals surface area (Å²) in [6.45, 7) is 7.18. The van der Waals surface area contributed by atoms with Crippen LogP contribution < -0.4 is 5.32 Å². The summed E-state index contributed by atoms with van der Waals surface area (Å²) in [7, 11) is 0. The lowest BCUT2D eigenvalue weighted by molar-refractivity contribution is 0.559. The molecule has 0 bridgehead atoms. The van der Waals surface area contributed by atoms with Crippen LogP contribution in [0.25, 0.3) is 5.69 Å². The Balaban J connectivity index is 2.42. The highest BCUT2D eigenvalue weighted by atomic mass is 19.1. The molecule has 1 aromatic carbocycles. The number of rotatable bonds is 6. The lowest BCUT2D eigenvalue weighted by Crippen LogP contribution is -2.21. The summed E-state index contributed by atoms with van der Waals surface area (Å²) < 4.78 is 15.6. The van der Waals surface area contributed by atoms with Gasteiger partial charge in [-0.1, -0.05) is 13.8 Å². The van der Waals surface area contributed by atoms with E-state index in [4.69, 9.17) is 0 Å². The van der Waals surface area contributed by atoms with Gasteiger partial charge < -0.3 is 9.88 Å². The first-order valence-electron chi connectivity index (χ1n) is 7.22. The molecule has 0 amide bonds. The summed E-state index contributed by atoms with van der Waals surface area (Å²) >= 11 is 0. The molecule has 1 atom stereocenters. The average molecular weight is 275 g/mol. The fourth-order valence-corrected chi connectivity index (χ4v) is 2.38. The van der Waals surface area contributed by atoms with Crippen molar-refractivity contribution in [3.8, 4) is 5.69 Å². The van der Waals surface area contributed by atoms with Gasteiger partial charge in [-0.3, -0.25) is 0 Å². The van der Waals surface area contributed by atoms with Gasteiger partial charge in [0.2, 0.25) is 0 Å². The number of nitrogens with zero attached hydrogens (tertiary/aromatic N) is 2. The normalized spacial score (nSPS) is 12.6. The van der Waals surface area contributed by atoms with Crippen LogP contribution >= 0.6 is 0 Å². The topological polar surface area (TPSA) is 29.9 Å². The van der Waals surface area contributed by atoms with Gasteiger partial charge in [0.05, 0.1) is 5.69 Å². The van der Waals surface area contributed by atoms with Crippen molar-refractivity contribution in [3.05, 3.63) is 47.8 Å². The van der Waals surface area contributed by atoms with E-state index in [-0.39, 0.29) is 11.9 Å². The van der Waals surface area contributed by atoms with Gasteiger partial charge in [0.25, 0.3) is 0 Å². The first-order chi connectivity index (χ1) is 9.67. The maximum absolute atomic E-state index is 13.6. The van der Waals surface area contributed by atoms with Gasteiger partial charge in [-0.2, -0.15) is 0 Å². The molecule has 4 heteroatoms. The van der Waals surface area contributed by atoms with Crippen LogP contribution in [-0.2, 0) is 6.42 Å². The Morgan fingerprint density at radius 3 is 2.85 bits per heavy atom. The zero-order chi connectivity index (χ0) is 14.5. The van der Waals surface area contributed by atoms with Gasteiger partial charge in [0, 0.05) is 24.9 Å². The number of nitrogens with one attached hydrogen (secondary N) is 1. The Bertz CT molecular complexity index is 563. The zero-order valence-electron chi connectivity index (χ0n) is 12.4. The highest BCUT2D eigenvalue weighted by Gasteiger charge is 2.14. The fourth-order valence-electron chi connectivity index (χ4n) is 2.38. The summed E-state index contributed by atoms with van der Waals surface area (Å²) in [6, 6.07) is 5.05. The Morgan fingerprint density at radius 2 is 2.15 bits per heavy atom. The van der Waals surface area contributed by atoms with Crippen molar-refractivity contribution in [2.24, 2.45) is 0 Å². The Hall–Kier alpha value is -1.68. The van der Waals surface area contributed by atoms with E-state index in [1.165, 1.54) is 6.07 Å². The molecule has 2 rings (SSSR count). The van der Waals surface area contributed by atoms with Gasteiger partial charge in [-0.05, 0) is 43.7 Å². The van der Waals surface area contributed by atoms with Gasteiger partial charge in [0.15, 0.2) is 0 Å². The molecule has 0 saturated heterocycles. The lowest BCUT2D eigenvalue weighted by atomic mass is 10.1. The number of aryl methyl sites for hydroxylation is 1. The molecule has 20 heavy (non-hydrogen) atoms. The summed E-state index contributed by atoms with van der Waals surface area (Å²) in [6.07, 6.45) is 5.62. The van der Waals surface area contributed by atoms with Crippen LogP contribution in [0.1, 0.15) is 44.6 Å². The molecule has 2 aromatic rings. The van der Waals surface area contributed by atoms with Crippen LogP contribution in [0.15, 0.2) is 30.6 Å². The molecule has 1 N–H and O–H groups in total. The van der Waals surface area contributed by atoms with E-state index in [9.17, 15) is 4.39 Å². The van der Waals surface area contributed by atoms with Crippen LogP contribution in [0, 0.1) is 5.82 Å². The van der Waals surface area contributed by atoms with Crippen molar-refractivity contribution in [2.45, 2.75) is 39.7 Å². The Labute approximate surface area is 119 Å². The van der Waals surface area contributed by atoms with Crippen molar-refractivity contribution in [2.75, 3.05) is 6.54 Å². The quantitative estimate of drug-likeness (QED) is 0.872. The third-order valence-electron chi connectivity index (χ3n) is 3.45. The van der Waals surface area contributed by atoms with Crippen molar-refractivity contribution in [1.29, 1.82) is 0 Å². The predicted molar refractivity (Wildman–Crippen MR) is 79.6 cm³/mol.